The zero-order valence-corrected chi connectivity index (χ0v) is 14.9. The number of carbonyl (C=O) groups excluding carboxylic acids is 2. The Labute approximate surface area is 137 Å². The van der Waals surface area contributed by atoms with Crippen molar-refractivity contribution in [2.75, 3.05) is 0 Å². The van der Waals surface area contributed by atoms with E-state index in [4.69, 9.17) is 4.74 Å². The molecular weight excluding hydrogens is 298 g/mol. The van der Waals surface area contributed by atoms with Crippen molar-refractivity contribution in [1.82, 2.24) is 5.32 Å². The topological polar surface area (TPSA) is 55.4 Å². The SMILES string of the molecule is Cc1ccc(SC(=O)C(NC(=O)OC(C)(C)C)C(C)C)cc1. The number of carbonyl (C=O) groups is 2. The van der Waals surface area contributed by atoms with Crippen molar-refractivity contribution in [1.29, 1.82) is 0 Å². The van der Waals surface area contributed by atoms with E-state index in [9.17, 15) is 9.59 Å². The molecule has 1 N–H and O–H groups in total. The molecule has 0 saturated heterocycles. The predicted octanol–water partition coefficient (Wildman–Crippen LogP) is 4.16. The van der Waals surface area contributed by atoms with Crippen LogP contribution in [0, 0.1) is 12.8 Å². The first-order valence-corrected chi connectivity index (χ1v) is 8.18. The largest absolute Gasteiger partial charge is 0.444 e. The molecule has 1 amide bonds. The minimum Gasteiger partial charge on any atom is -0.444 e. The predicted molar refractivity (Wildman–Crippen MR) is 90.0 cm³/mol. The lowest BCUT2D eigenvalue weighted by molar-refractivity contribution is -0.113. The van der Waals surface area contributed by atoms with Gasteiger partial charge in [-0.05, 0) is 57.5 Å². The van der Waals surface area contributed by atoms with Crippen LogP contribution < -0.4 is 5.32 Å². The van der Waals surface area contributed by atoms with E-state index >= 15 is 0 Å². The molecule has 0 aromatic heterocycles. The smallest absolute Gasteiger partial charge is 0.408 e. The first-order valence-electron chi connectivity index (χ1n) is 7.36. The molecule has 0 saturated carbocycles. The molecule has 0 fully saturated rings. The fraction of sp³-hybridized carbons (Fsp3) is 0.529. The van der Waals surface area contributed by atoms with Gasteiger partial charge in [-0.25, -0.2) is 4.79 Å². The Morgan fingerprint density at radius 3 is 2.14 bits per heavy atom. The van der Waals surface area contributed by atoms with Gasteiger partial charge in [0.05, 0.1) is 0 Å². The van der Waals surface area contributed by atoms with Crippen molar-refractivity contribution in [3.8, 4) is 0 Å². The third-order valence-corrected chi connectivity index (χ3v) is 3.80. The molecule has 1 rings (SSSR count). The number of alkyl carbamates (subject to hydrolysis) is 1. The summed E-state index contributed by atoms with van der Waals surface area (Å²) in [4.78, 5) is 25.2. The molecule has 0 spiro atoms. The highest BCUT2D eigenvalue weighted by molar-refractivity contribution is 8.13. The van der Waals surface area contributed by atoms with Gasteiger partial charge in [0.1, 0.15) is 11.6 Å². The minimum absolute atomic E-state index is 0.0158. The van der Waals surface area contributed by atoms with Crippen LogP contribution in [0.25, 0.3) is 0 Å². The second kappa shape index (κ2) is 7.68. The summed E-state index contributed by atoms with van der Waals surface area (Å²) in [7, 11) is 0. The summed E-state index contributed by atoms with van der Waals surface area (Å²) in [6, 6.07) is 7.15. The summed E-state index contributed by atoms with van der Waals surface area (Å²) in [5, 5.41) is 2.58. The normalized spacial score (nSPS) is 12.9. The van der Waals surface area contributed by atoms with E-state index < -0.39 is 17.7 Å². The molecule has 1 aromatic rings. The Morgan fingerprint density at radius 1 is 1.14 bits per heavy atom. The average Bonchev–Trinajstić information content (AvgIpc) is 2.36. The van der Waals surface area contributed by atoms with Gasteiger partial charge in [-0.1, -0.05) is 31.5 Å². The van der Waals surface area contributed by atoms with Crippen LogP contribution in [0.4, 0.5) is 4.79 Å². The summed E-state index contributed by atoms with van der Waals surface area (Å²) < 4.78 is 5.22. The lowest BCUT2D eigenvalue weighted by Crippen LogP contribution is -2.45. The number of thioether (sulfide) groups is 1. The van der Waals surface area contributed by atoms with Gasteiger partial charge in [0.15, 0.2) is 0 Å². The Bertz CT molecular complexity index is 518. The molecule has 22 heavy (non-hydrogen) atoms. The fourth-order valence-electron chi connectivity index (χ4n) is 1.72. The van der Waals surface area contributed by atoms with E-state index in [2.05, 4.69) is 5.32 Å². The molecule has 0 aliphatic carbocycles. The monoisotopic (exact) mass is 323 g/mol. The fourth-order valence-corrected chi connectivity index (χ4v) is 2.68. The Hall–Kier alpha value is -1.49. The number of benzene rings is 1. The van der Waals surface area contributed by atoms with Gasteiger partial charge in [0.25, 0.3) is 0 Å². The van der Waals surface area contributed by atoms with Crippen molar-refractivity contribution < 1.29 is 14.3 Å². The summed E-state index contributed by atoms with van der Waals surface area (Å²) >= 11 is 1.14. The summed E-state index contributed by atoms with van der Waals surface area (Å²) in [5.41, 5.74) is 0.558. The van der Waals surface area contributed by atoms with Crippen molar-refractivity contribution in [3.63, 3.8) is 0 Å². The Morgan fingerprint density at radius 2 is 1.68 bits per heavy atom. The maximum Gasteiger partial charge on any atom is 0.408 e. The van der Waals surface area contributed by atoms with Gasteiger partial charge in [-0.2, -0.15) is 0 Å². The van der Waals surface area contributed by atoms with Gasteiger partial charge in [-0.15, -0.1) is 0 Å². The molecule has 0 aliphatic heterocycles. The second-order valence-electron chi connectivity index (χ2n) is 6.60. The average molecular weight is 323 g/mol. The maximum atomic E-state index is 12.4. The zero-order chi connectivity index (χ0) is 16.9. The van der Waals surface area contributed by atoms with Gasteiger partial charge < -0.3 is 10.1 Å². The van der Waals surface area contributed by atoms with E-state index in [0.29, 0.717) is 0 Å². The Kier molecular flexibility index (Phi) is 6.48. The summed E-state index contributed by atoms with van der Waals surface area (Å²) in [5.74, 6) is -0.0158. The zero-order valence-electron chi connectivity index (χ0n) is 14.1. The number of aryl methyl sites for hydroxylation is 1. The molecule has 4 nitrogen and oxygen atoms in total. The molecule has 0 bridgehead atoms. The lowest BCUT2D eigenvalue weighted by Gasteiger charge is -2.24. The van der Waals surface area contributed by atoms with Crippen molar-refractivity contribution in [3.05, 3.63) is 29.8 Å². The van der Waals surface area contributed by atoms with Crippen LogP contribution in [-0.2, 0) is 9.53 Å². The number of hydrogen-bond acceptors (Lipinski definition) is 4. The van der Waals surface area contributed by atoms with E-state index in [1.54, 1.807) is 20.8 Å². The van der Waals surface area contributed by atoms with Crippen LogP contribution in [0.2, 0.25) is 0 Å². The van der Waals surface area contributed by atoms with Crippen molar-refractivity contribution >= 4 is 23.0 Å². The standard InChI is InChI=1S/C17H25NO3S/c1-11(2)14(18-16(20)21-17(4,5)6)15(19)22-13-9-7-12(3)8-10-13/h7-11,14H,1-6H3,(H,18,20). The molecule has 5 heteroatoms. The molecule has 1 atom stereocenters. The van der Waals surface area contributed by atoms with Crippen LogP contribution in [-0.4, -0.2) is 22.9 Å². The number of hydrogen-bond donors (Lipinski definition) is 1. The second-order valence-corrected chi connectivity index (χ2v) is 7.68. The van der Waals surface area contributed by atoms with Crippen LogP contribution in [0.5, 0.6) is 0 Å². The lowest BCUT2D eigenvalue weighted by atomic mass is 10.1. The number of nitrogens with one attached hydrogen (secondary N) is 1. The van der Waals surface area contributed by atoms with E-state index in [0.717, 1.165) is 22.2 Å². The quantitative estimate of drug-likeness (QED) is 0.845. The third kappa shape index (κ3) is 6.52. The van der Waals surface area contributed by atoms with Crippen LogP contribution >= 0.6 is 11.8 Å². The first kappa shape index (κ1) is 18.6. The molecule has 0 aliphatic rings. The van der Waals surface area contributed by atoms with Crippen LogP contribution in [0.3, 0.4) is 0 Å². The molecule has 1 unspecified atom stereocenters. The first-order chi connectivity index (χ1) is 10.1. The van der Waals surface area contributed by atoms with Crippen LogP contribution in [0.15, 0.2) is 29.2 Å². The van der Waals surface area contributed by atoms with Gasteiger partial charge in [0.2, 0.25) is 5.12 Å². The molecule has 1 aromatic carbocycles. The van der Waals surface area contributed by atoms with Crippen LogP contribution in [0.1, 0.15) is 40.2 Å². The van der Waals surface area contributed by atoms with E-state index in [1.165, 1.54) is 0 Å². The molecule has 0 radical (unpaired) electrons. The highest BCUT2D eigenvalue weighted by atomic mass is 32.2. The summed E-state index contributed by atoms with van der Waals surface area (Å²) in [6.07, 6.45) is -0.566. The van der Waals surface area contributed by atoms with Crippen molar-refractivity contribution in [2.24, 2.45) is 5.92 Å². The highest BCUT2D eigenvalue weighted by Crippen LogP contribution is 2.23. The molecule has 122 valence electrons. The van der Waals surface area contributed by atoms with Gasteiger partial charge in [0, 0.05) is 4.90 Å². The van der Waals surface area contributed by atoms with Crippen molar-refractivity contribution in [2.45, 2.75) is 58.1 Å². The van der Waals surface area contributed by atoms with Gasteiger partial charge in [-0.3, -0.25) is 4.79 Å². The highest BCUT2D eigenvalue weighted by Gasteiger charge is 2.27. The third-order valence-electron chi connectivity index (χ3n) is 2.83. The number of amides is 1. The van der Waals surface area contributed by atoms with Gasteiger partial charge >= 0.3 is 6.09 Å². The number of rotatable bonds is 4. The molecule has 0 heterocycles. The Balaban J connectivity index is 2.71. The summed E-state index contributed by atoms with van der Waals surface area (Å²) in [6.45, 7) is 11.2. The maximum absolute atomic E-state index is 12.4. The minimum atomic E-state index is -0.585. The van der Waals surface area contributed by atoms with E-state index in [-0.39, 0.29) is 11.0 Å². The van der Waals surface area contributed by atoms with E-state index in [1.807, 2.05) is 45.0 Å². The number of ether oxygens (including phenoxy) is 1. The molecular formula is C17H25NO3S.